The van der Waals surface area contributed by atoms with Crippen LogP contribution in [-0.4, -0.2) is 35.1 Å². The van der Waals surface area contributed by atoms with Crippen LogP contribution in [0.3, 0.4) is 0 Å². The van der Waals surface area contributed by atoms with Crippen molar-refractivity contribution >= 4 is 12.0 Å². The van der Waals surface area contributed by atoms with Gasteiger partial charge in [0.1, 0.15) is 5.82 Å². The van der Waals surface area contributed by atoms with E-state index in [1.54, 1.807) is 12.1 Å². The first-order chi connectivity index (χ1) is 10.7. The van der Waals surface area contributed by atoms with Crippen molar-refractivity contribution in [3.63, 3.8) is 0 Å². The van der Waals surface area contributed by atoms with Gasteiger partial charge in [-0.3, -0.25) is 4.79 Å². The molecule has 1 saturated heterocycles. The van der Waals surface area contributed by atoms with Crippen LogP contribution in [0, 0.1) is 17.2 Å². The zero-order valence-electron chi connectivity index (χ0n) is 13.7. The SMILES string of the molecule is CC(C)(C)C(NC(=O)N1CCC(C(=O)O)C1)c1cccc(F)c1. The Hall–Kier alpha value is -2.11. The smallest absolute Gasteiger partial charge is 0.317 e. The minimum Gasteiger partial charge on any atom is -0.481 e. The Morgan fingerprint density at radius 3 is 2.61 bits per heavy atom. The number of nitrogens with one attached hydrogen (secondary N) is 1. The van der Waals surface area contributed by atoms with Crippen molar-refractivity contribution in [2.75, 3.05) is 13.1 Å². The molecule has 0 bridgehead atoms. The van der Waals surface area contributed by atoms with Crippen LogP contribution in [0.15, 0.2) is 24.3 Å². The van der Waals surface area contributed by atoms with Gasteiger partial charge in [0.05, 0.1) is 12.0 Å². The van der Waals surface area contributed by atoms with Crippen molar-refractivity contribution in [1.82, 2.24) is 10.2 Å². The van der Waals surface area contributed by atoms with Crippen LogP contribution >= 0.6 is 0 Å². The minimum absolute atomic E-state index is 0.210. The van der Waals surface area contributed by atoms with Crippen LogP contribution in [0.4, 0.5) is 9.18 Å². The summed E-state index contributed by atoms with van der Waals surface area (Å²) in [5.41, 5.74) is 0.384. The lowest BCUT2D eigenvalue weighted by Gasteiger charge is -2.33. The van der Waals surface area contributed by atoms with E-state index in [2.05, 4.69) is 5.32 Å². The van der Waals surface area contributed by atoms with Crippen LogP contribution in [0.1, 0.15) is 38.8 Å². The first-order valence-corrected chi connectivity index (χ1v) is 7.72. The van der Waals surface area contributed by atoms with Crippen molar-refractivity contribution in [3.8, 4) is 0 Å². The Morgan fingerprint density at radius 2 is 2.09 bits per heavy atom. The fourth-order valence-electron chi connectivity index (χ4n) is 2.85. The van der Waals surface area contributed by atoms with Gasteiger partial charge in [-0.2, -0.15) is 0 Å². The quantitative estimate of drug-likeness (QED) is 0.898. The largest absolute Gasteiger partial charge is 0.481 e. The second kappa shape index (κ2) is 6.56. The monoisotopic (exact) mass is 322 g/mol. The summed E-state index contributed by atoms with van der Waals surface area (Å²) in [5.74, 6) is -1.74. The van der Waals surface area contributed by atoms with E-state index in [4.69, 9.17) is 5.11 Å². The van der Waals surface area contributed by atoms with Crippen LogP contribution in [0.2, 0.25) is 0 Å². The number of carboxylic acids is 1. The van der Waals surface area contributed by atoms with Gasteiger partial charge < -0.3 is 15.3 Å². The number of hydrogen-bond acceptors (Lipinski definition) is 2. The molecule has 1 aliphatic rings. The third-order valence-corrected chi connectivity index (χ3v) is 4.14. The number of halogens is 1. The van der Waals surface area contributed by atoms with Gasteiger partial charge in [-0.15, -0.1) is 0 Å². The average molecular weight is 322 g/mol. The van der Waals surface area contributed by atoms with Crippen molar-refractivity contribution in [1.29, 1.82) is 0 Å². The summed E-state index contributed by atoms with van der Waals surface area (Å²) in [6.45, 7) is 6.52. The number of carboxylic acid groups (broad SMARTS) is 1. The molecule has 2 rings (SSSR count). The molecule has 2 N–H and O–H groups in total. The summed E-state index contributed by atoms with van der Waals surface area (Å²) in [6.07, 6.45) is 0.461. The lowest BCUT2D eigenvalue weighted by atomic mass is 9.82. The van der Waals surface area contributed by atoms with E-state index in [-0.39, 0.29) is 29.8 Å². The molecule has 0 spiro atoms. The maximum Gasteiger partial charge on any atom is 0.317 e. The van der Waals surface area contributed by atoms with Crippen LogP contribution < -0.4 is 5.32 Å². The molecule has 5 nitrogen and oxygen atoms in total. The molecule has 2 amide bonds. The molecule has 1 heterocycles. The standard InChI is InChI=1S/C17H23FN2O3/c1-17(2,3)14(11-5-4-6-13(18)9-11)19-16(23)20-8-7-12(10-20)15(21)22/h4-6,9,12,14H,7-8,10H2,1-3H3,(H,19,23)(H,21,22). The summed E-state index contributed by atoms with van der Waals surface area (Å²) >= 11 is 0. The van der Waals surface area contributed by atoms with Gasteiger partial charge in [0.2, 0.25) is 0 Å². The van der Waals surface area contributed by atoms with Gasteiger partial charge in [0.15, 0.2) is 0 Å². The number of carbonyl (C=O) groups excluding carboxylic acids is 1. The third-order valence-electron chi connectivity index (χ3n) is 4.14. The van der Waals surface area contributed by atoms with E-state index >= 15 is 0 Å². The van der Waals surface area contributed by atoms with Crippen LogP contribution in [0.25, 0.3) is 0 Å². The molecule has 0 aromatic heterocycles. The number of carbonyl (C=O) groups is 2. The first-order valence-electron chi connectivity index (χ1n) is 7.72. The summed E-state index contributed by atoms with van der Waals surface area (Å²) < 4.78 is 13.5. The van der Waals surface area contributed by atoms with Gasteiger partial charge in [-0.1, -0.05) is 32.9 Å². The molecule has 1 fully saturated rings. The number of likely N-dealkylation sites (tertiary alicyclic amines) is 1. The molecule has 0 saturated carbocycles. The number of urea groups is 1. The molecule has 1 aromatic rings. The van der Waals surface area contributed by atoms with Crippen LogP contribution in [-0.2, 0) is 4.79 Å². The Bertz CT molecular complexity index is 598. The predicted molar refractivity (Wildman–Crippen MR) is 84.4 cm³/mol. The Kier molecular flexibility index (Phi) is 4.92. The first kappa shape index (κ1) is 17.2. The zero-order chi connectivity index (χ0) is 17.2. The van der Waals surface area contributed by atoms with Crippen molar-refractivity contribution < 1.29 is 19.1 Å². The third kappa shape index (κ3) is 4.21. The van der Waals surface area contributed by atoms with E-state index in [0.29, 0.717) is 18.5 Å². The van der Waals surface area contributed by atoms with Gasteiger partial charge in [-0.05, 0) is 29.5 Å². The highest BCUT2D eigenvalue weighted by atomic mass is 19.1. The molecule has 23 heavy (non-hydrogen) atoms. The Balaban J connectivity index is 2.13. The van der Waals surface area contributed by atoms with Gasteiger partial charge in [-0.25, -0.2) is 9.18 Å². The highest BCUT2D eigenvalue weighted by molar-refractivity contribution is 5.77. The molecule has 2 unspecified atom stereocenters. The van der Waals surface area contributed by atoms with Gasteiger partial charge >= 0.3 is 12.0 Å². The number of nitrogens with zero attached hydrogens (tertiary/aromatic N) is 1. The highest BCUT2D eigenvalue weighted by Gasteiger charge is 2.34. The summed E-state index contributed by atoms with van der Waals surface area (Å²) in [7, 11) is 0. The number of rotatable bonds is 3. The second-order valence-corrected chi connectivity index (χ2v) is 7.07. The lowest BCUT2D eigenvalue weighted by molar-refractivity contribution is -0.141. The van der Waals surface area contributed by atoms with Crippen molar-refractivity contribution in [2.24, 2.45) is 11.3 Å². The van der Waals surface area contributed by atoms with E-state index in [9.17, 15) is 14.0 Å². The van der Waals surface area contributed by atoms with E-state index in [0.717, 1.165) is 0 Å². The Morgan fingerprint density at radius 1 is 1.39 bits per heavy atom. The lowest BCUT2D eigenvalue weighted by Crippen LogP contribution is -2.44. The number of amides is 2. The second-order valence-electron chi connectivity index (χ2n) is 7.07. The maximum atomic E-state index is 13.5. The molecule has 0 aliphatic carbocycles. The maximum absolute atomic E-state index is 13.5. The van der Waals surface area contributed by atoms with Crippen molar-refractivity contribution in [2.45, 2.75) is 33.2 Å². The molecular formula is C17H23FN2O3. The molecule has 1 aromatic carbocycles. The number of aliphatic carboxylic acids is 1. The van der Waals surface area contributed by atoms with Crippen molar-refractivity contribution in [3.05, 3.63) is 35.6 Å². The molecular weight excluding hydrogens is 299 g/mol. The highest BCUT2D eigenvalue weighted by Crippen LogP contribution is 2.33. The average Bonchev–Trinajstić information content (AvgIpc) is 2.93. The normalized spacial score (nSPS) is 19.5. The molecule has 6 heteroatoms. The fourth-order valence-corrected chi connectivity index (χ4v) is 2.85. The molecule has 0 radical (unpaired) electrons. The predicted octanol–water partition coefficient (Wildman–Crippen LogP) is 3.03. The minimum atomic E-state index is -0.877. The summed E-state index contributed by atoms with van der Waals surface area (Å²) in [6, 6.07) is 5.51. The summed E-state index contributed by atoms with van der Waals surface area (Å²) in [5, 5.41) is 12.0. The zero-order valence-corrected chi connectivity index (χ0v) is 13.7. The van der Waals surface area contributed by atoms with E-state index in [1.807, 2.05) is 20.8 Å². The number of hydrogen-bond donors (Lipinski definition) is 2. The van der Waals surface area contributed by atoms with E-state index < -0.39 is 11.9 Å². The van der Waals surface area contributed by atoms with Gasteiger partial charge in [0.25, 0.3) is 0 Å². The van der Waals surface area contributed by atoms with Gasteiger partial charge in [0, 0.05) is 13.1 Å². The van der Waals surface area contributed by atoms with Crippen LogP contribution in [0.5, 0.6) is 0 Å². The van der Waals surface area contributed by atoms with E-state index in [1.165, 1.54) is 17.0 Å². The Labute approximate surface area is 135 Å². The molecule has 1 aliphatic heterocycles. The summed E-state index contributed by atoms with van der Waals surface area (Å²) in [4.78, 5) is 25.0. The topological polar surface area (TPSA) is 69.6 Å². The molecule has 2 atom stereocenters. The molecule has 126 valence electrons. The number of benzene rings is 1. The fraction of sp³-hybridized carbons (Fsp3) is 0.529.